The Balaban J connectivity index is 2.26. The van der Waals surface area contributed by atoms with E-state index in [9.17, 15) is 0 Å². The van der Waals surface area contributed by atoms with Crippen LogP contribution in [-0.2, 0) is 17.8 Å². The number of nitrogens with two attached hydrogens (primary N) is 1. The fourth-order valence-electron chi connectivity index (χ4n) is 1.64. The predicted molar refractivity (Wildman–Crippen MR) is 71.8 cm³/mol. The molecule has 1 rings (SSSR count). The van der Waals surface area contributed by atoms with E-state index in [2.05, 4.69) is 43.1 Å². The quantitative estimate of drug-likeness (QED) is 0.702. The number of hydrogen-bond donors (Lipinski definition) is 1. The normalized spacial score (nSPS) is 11.1. The van der Waals surface area contributed by atoms with Crippen LogP contribution in [0.2, 0.25) is 0 Å². The average molecular weight is 236 g/mol. The molecule has 0 unspecified atom stereocenters. The first-order chi connectivity index (χ1) is 8.26. The fraction of sp³-hybridized carbons (Fsp3) is 0.571. The van der Waals surface area contributed by atoms with Crippen LogP contribution in [0, 0.1) is 0 Å². The molecule has 0 heterocycles. The molecule has 1 aromatic carbocycles. The van der Waals surface area contributed by atoms with Crippen LogP contribution in [0.15, 0.2) is 24.3 Å². The van der Waals surface area contributed by atoms with Crippen molar-refractivity contribution in [2.24, 2.45) is 5.73 Å². The zero-order valence-corrected chi connectivity index (χ0v) is 11.0. The third-order valence-electron chi connectivity index (χ3n) is 2.68. The summed E-state index contributed by atoms with van der Waals surface area (Å²) in [5, 5.41) is 0. The van der Waals surface area contributed by atoms with E-state index in [0.29, 0.717) is 6.54 Å². The summed E-state index contributed by atoms with van der Waals surface area (Å²) in [6.45, 7) is 6.34. The van der Waals surface area contributed by atoms with Gasteiger partial charge in [-0.25, -0.2) is 0 Å². The minimum absolute atomic E-state index is 0.612. The molecule has 3 heteroatoms. The van der Waals surface area contributed by atoms with Crippen LogP contribution in [-0.4, -0.2) is 31.7 Å². The molecular formula is C14H24N2O. The van der Waals surface area contributed by atoms with Crippen molar-refractivity contribution in [1.29, 1.82) is 0 Å². The van der Waals surface area contributed by atoms with E-state index in [-0.39, 0.29) is 0 Å². The van der Waals surface area contributed by atoms with Gasteiger partial charge in [0.05, 0.1) is 6.61 Å². The molecular weight excluding hydrogens is 212 g/mol. The Bertz CT molecular complexity index is 298. The predicted octanol–water partition coefficient (Wildman–Crippen LogP) is 2.00. The summed E-state index contributed by atoms with van der Waals surface area (Å²) in [6.07, 6.45) is 1.09. The van der Waals surface area contributed by atoms with Crippen molar-refractivity contribution in [3.8, 4) is 0 Å². The van der Waals surface area contributed by atoms with Gasteiger partial charge in [-0.2, -0.15) is 0 Å². The Morgan fingerprint density at radius 3 is 2.35 bits per heavy atom. The van der Waals surface area contributed by atoms with Gasteiger partial charge in [-0.15, -0.1) is 0 Å². The Labute approximate surface area is 105 Å². The van der Waals surface area contributed by atoms with Crippen LogP contribution in [0.4, 0.5) is 0 Å². The summed E-state index contributed by atoms with van der Waals surface area (Å²) in [4.78, 5) is 2.27. The van der Waals surface area contributed by atoms with Gasteiger partial charge in [0, 0.05) is 26.2 Å². The average Bonchev–Trinajstić information content (AvgIpc) is 2.36. The summed E-state index contributed by atoms with van der Waals surface area (Å²) in [5.41, 5.74) is 8.07. The highest BCUT2D eigenvalue weighted by Crippen LogP contribution is 2.06. The van der Waals surface area contributed by atoms with Crippen LogP contribution in [0.25, 0.3) is 0 Å². The highest BCUT2D eigenvalue weighted by molar-refractivity contribution is 5.22. The van der Waals surface area contributed by atoms with Crippen LogP contribution < -0.4 is 5.73 Å². The summed E-state index contributed by atoms with van der Waals surface area (Å²) >= 11 is 0. The first-order valence-electron chi connectivity index (χ1n) is 6.30. The second kappa shape index (κ2) is 8.23. The lowest BCUT2D eigenvalue weighted by atomic mass is 10.1. The SMILES string of the molecule is CCCOCCN(C)Cc1ccc(CN)cc1. The van der Waals surface area contributed by atoms with E-state index >= 15 is 0 Å². The van der Waals surface area contributed by atoms with E-state index in [1.165, 1.54) is 11.1 Å². The molecule has 0 aromatic heterocycles. The lowest BCUT2D eigenvalue weighted by Gasteiger charge is -2.16. The molecule has 0 aliphatic rings. The lowest BCUT2D eigenvalue weighted by molar-refractivity contribution is 0.110. The van der Waals surface area contributed by atoms with E-state index in [0.717, 1.165) is 32.7 Å². The number of likely N-dealkylation sites (N-methyl/N-ethyl adjacent to an activating group) is 1. The Morgan fingerprint density at radius 2 is 1.76 bits per heavy atom. The Morgan fingerprint density at radius 1 is 1.12 bits per heavy atom. The van der Waals surface area contributed by atoms with Crippen LogP contribution in [0.3, 0.4) is 0 Å². The summed E-state index contributed by atoms with van der Waals surface area (Å²) in [7, 11) is 2.12. The van der Waals surface area contributed by atoms with Crippen molar-refractivity contribution in [1.82, 2.24) is 4.90 Å². The zero-order chi connectivity index (χ0) is 12.5. The van der Waals surface area contributed by atoms with Crippen LogP contribution in [0.1, 0.15) is 24.5 Å². The largest absolute Gasteiger partial charge is 0.380 e. The first kappa shape index (κ1) is 14.2. The smallest absolute Gasteiger partial charge is 0.0593 e. The van der Waals surface area contributed by atoms with Gasteiger partial charge < -0.3 is 10.5 Å². The molecule has 0 spiro atoms. The number of hydrogen-bond acceptors (Lipinski definition) is 3. The monoisotopic (exact) mass is 236 g/mol. The summed E-state index contributed by atoms with van der Waals surface area (Å²) in [6, 6.07) is 8.48. The number of ether oxygens (including phenoxy) is 1. The van der Waals surface area contributed by atoms with Crippen molar-refractivity contribution in [3.05, 3.63) is 35.4 Å². The molecule has 0 atom stereocenters. The van der Waals surface area contributed by atoms with Gasteiger partial charge >= 0.3 is 0 Å². The molecule has 3 nitrogen and oxygen atoms in total. The molecule has 0 bridgehead atoms. The minimum Gasteiger partial charge on any atom is -0.380 e. The standard InChI is InChI=1S/C14H24N2O/c1-3-9-17-10-8-16(2)12-14-6-4-13(11-15)5-7-14/h4-7H,3,8-12,15H2,1-2H3. The third kappa shape index (κ3) is 5.82. The topological polar surface area (TPSA) is 38.5 Å². The second-order valence-corrected chi connectivity index (χ2v) is 4.37. The molecule has 0 radical (unpaired) electrons. The first-order valence-corrected chi connectivity index (χ1v) is 6.30. The van der Waals surface area contributed by atoms with Gasteiger partial charge in [0.1, 0.15) is 0 Å². The molecule has 0 aliphatic carbocycles. The number of nitrogens with zero attached hydrogens (tertiary/aromatic N) is 1. The van der Waals surface area contributed by atoms with Gasteiger partial charge in [0.25, 0.3) is 0 Å². The van der Waals surface area contributed by atoms with E-state index in [1.54, 1.807) is 0 Å². The zero-order valence-electron chi connectivity index (χ0n) is 11.0. The van der Waals surface area contributed by atoms with Crippen molar-refractivity contribution in [2.45, 2.75) is 26.4 Å². The van der Waals surface area contributed by atoms with Crippen molar-refractivity contribution in [2.75, 3.05) is 26.8 Å². The van der Waals surface area contributed by atoms with E-state index in [1.807, 2.05) is 0 Å². The van der Waals surface area contributed by atoms with Gasteiger partial charge in [-0.05, 0) is 24.6 Å². The van der Waals surface area contributed by atoms with E-state index in [4.69, 9.17) is 10.5 Å². The van der Waals surface area contributed by atoms with Gasteiger partial charge in [-0.3, -0.25) is 4.90 Å². The molecule has 0 amide bonds. The molecule has 0 fully saturated rings. The van der Waals surface area contributed by atoms with Gasteiger partial charge in [-0.1, -0.05) is 31.2 Å². The van der Waals surface area contributed by atoms with Gasteiger partial charge in [0.15, 0.2) is 0 Å². The molecule has 0 saturated heterocycles. The van der Waals surface area contributed by atoms with Crippen LogP contribution >= 0.6 is 0 Å². The highest BCUT2D eigenvalue weighted by Gasteiger charge is 2.00. The summed E-state index contributed by atoms with van der Waals surface area (Å²) in [5.74, 6) is 0. The van der Waals surface area contributed by atoms with Crippen molar-refractivity contribution < 1.29 is 4.74 Å². The molecule has 1 aromatic rings. The second-order valence-electron chi connectivity index (χ2n) is 4.37. The molecule has 2 N–H and O–H groups in total. The maximum absolute atomic E-state index is 5.57. The van der Waals surface area contributed by atoms with Crippen molar-refractivity contribution in [3.63, 3.8) is 0 Å². The maximum Gasteiger partial charge on any atom is 0.0593 e. The fourth-order valence-corrected chi connectivity index (χ4v) is 1.64. The minimum atomic E-state index is 0.612. The van der Waals surface area contributed by atoms with Crippen LogP contribution in [0.5, 0.6) is 0 Å². The number of benzene rings is 1. The Kier molecular flexibility index (Phi) is 6.86. The Hall–Kier alpha value is -0.900. The van der Waals surface area contributed by atoms with Crippen molar-refractivity contribution >= 4 is 0 Å². The maximum atomic E-state index is 5.57. The third-order valence-corrected chi connectivity index (χ3v) is 2.68. The number of rotatable bonds is 8. The lowest BCUT2D eigenvalue weighted by Crippen LogP contribution is -2.22. The molecule has 0 saturated carbocycles. The van der Waals surface area contributed by atoms with E-state index < -0.39 is 0 Å². The molecule has 0 aliphatic heterocycles. The van der Waals surface area contributed by atoms with Gasteiger partial charge in [0.2, 0.25) is 0 Å². The highest BCUT2D eigenvalue weighted by atomic mass is 16.5. The molecule has 96 valence electrons. The summed E-state index contributed by atoms with van der Waals surface area (Å²) < 4.78 is 5.47. The molecule has 17 heavy (non-hydrogen) atoms.